The van der Waals surface area contributed by atoms with Crippen molar-refractivity contribution in [1.29, 1.82) is 0 Å². The minimum atomic E-state index is -1.52. The molecule has 0 N–H and O–H groups in total. The maximum absolute atomic E-state index is 9.22. The van der Waals surface area contributed by atoms with Crippen LogP contribution in [0.3, 0.4) is 0 Å². The number of carbonyl (C=O) groups excluding carboxylic acids is 1. The van der Waals surface area contributed by atoms with E-state index in [1.54, 1.807) is 10.4 Å². The van der Waals surface area contributed by atoms with E-state index >= 15 is 0 Å². The quantitative estimate of drug-likeness (QED) is 0.407. The second-order valence-electron chi connectivity index (χ2n) is 0.465. The highest BCUT2D eigenvalue weighted by Gasteiger charge is 1.91. The molecular weight excluding hydrogens is 88.0 g/mol. The lowest BCUT2D eigenvalue weighted by atomic mass is 11.2. The van der Waals surface area contributed by atoms with E-state index in [0.29, 0.717) is 0 Å². The Balaban J connectivity index is 3.52. The lowest BCUT2D eigenvalue weighted by molar-refractivity contribution is 0.256. The van der Waals surface area contributed by atoms with Crippen LogP contribution in [0, 0.1) is 9.81 Å². The first-order chi connectivity index (χ1) is 2.81. The first kappa shape index (κ1) is 4.87. The van der Waals surface area contributed by atoms with Gasteiger partial charge in [-0.15, -0.1) is 9.81 Å². The Morgan fingerprint density at radius 1 is 1.17 bits per heavy atom. The first-order valence-corrected chi connectivity index (χ1v) is 1.02. The summed E-state index contributed by atoms with van der Waals surface area (Å²) in [7, 11) is 0. The highest BCUT2D eigenvalue weighted by molar-refractivity contribution is 5.75. The Labute approximate surface area is 32.3 Å². The number of urea groups is 1. The van der Waals surface area contributed by atoms with Gasteiger partial charge in [0.15, 0.2) is 0 Å². The van der Waals surface area contributed by atoms with Crippen LogP contribution < -0.4 is 0 Å². The van der Waals surface area contributed by atoms with Gasteiger partial charge in [0.1, 0.15) is 0 Å². The molecule has 0 aromatic carbocycles. The molecule has 0 saturated carbocycles. The molecule has 0 aromatic rings. The van der Waals surface area contributed by atoms with Crippen LogP contribution in [0.2, 0.25) is 0 Å². The molecule has 0 aliphatic rings. The summed E-state index contributed by atoms with van der Waals surface area (Å²) in [5.74, 6) is 0. The van der Waals surface area contributed by atoms with Crippen molar-refractivity contribution in [3.63, 3.8) is 0 Å². The second kappa shape index (κ2) is 2.13. The number of nitroso groups, excluding NO2 is 2. The minimum Gasteiger partial charge on any atom is -0.237 e. The van der Waals surface area contributed by atoms with E-state index in [1.165, 1.54) is 0 Å². The molecule has 0 bridgehead atoms. The fraction of sp³-hybridized carbons (Fsp3) is 0. The zero-order valence-electron chi connectivity index (χ0n) is 2.62. The number of hydrogen-bond acceptors (Lipinski definition) is 3. The van der Waals surface area contributed by atoms with Crippen LogP contribution in [0.5, 0.6) is 0 Å². The molecule has 0 unspecified atom stereocenters. The van der Waals surface area contributed by atoms with Gasteiger partial charge in [0.25, 0.3) is 0 Å². The molecule has 0 saturated heterocycles. The Kier molecular flexibility index (Phi) is 1.73. The van der Waals surface area contributed by atoms with Crippen LogP contribution in [-0.4, -0.2) is 6.03 Å². The molecular formula is CN2O3. The van der Waals surface area contributed by atoms with Crippen molar-refractivity contribution in [1.82, 2.24) is 0 Å². The van der Waals surface area contributed by atoms with Gasteiger partial charge in [-0.25, -0.2) is 4.79 Å². The third kappa shape index (κ3) is 1.22. The van der Waals surface area contributed by atoms with Crippen molar-refractivity contribution in [3.05, 3.63) is 9.81 Å². The third-order valence-electron chi connectivity index (χ3n) is 0.156. The molecule has 0 aliphatic heterocycles. The summed E-state index contributed by atoms with van der Waals surface area (Å²) in [6.45, 7) is 0. The minimum absolute atomic E-state index is 1.52. The highest BCUT2D eigenvalue weighted by atomic mass is 16.3. The largest absolute Gasteiger partial charge is 0.440 e. The SMILES string of the molecule is O=NC(=O)N=O. The topological polar surface area (TPSA) is 75.9 Å². The van der Waals surface area contributed by atoms with Crippen molar-refractivity contribution in [2.75, 3.05) is 0 Å². The summed E-state index contributed by atoms with van der Waals surface area (Å²) in [4.78, 5) is 26.9. The number of carbonyl (C=O) groups is 1. The summed E-state index contributed by atoms with van der Waals surface area (Å²) >= 11 is 0. The van der Waals surface area contributed by atoms with Gasteiger partial charge in [0.2, 0.25) is 0 Å². The van der Waals surface area contributed by atoms with Gasteiger partial charge in [0.05, 0.1) is 0 Å². The monoisotopic (exact) mass is 88.0 g/mol. The molecule has 0 aromatic heterocycles. The van der Waals surface area contributed by atoms with E-state index in [4.69, 9.17) is 9.81 Å². The maximum atomic E-state index is 9.22. The van der Waals surface area contributed by atoms with Gasteiger partial charge in [-0.3, -0.25) is 0 Å². The zero-order valence-corrected chi connectivity index (χ0v) is 2.62. The summed E-state index contributed by atoms with van der Waals surface area (Å²) in [6.07, 6.45) is 0. The van der Waals surface area contributed by atoms with E-state index in [9.17, 15) is 4.79 Å². The fourth-order valence-electron chi connectivity index (χ4n) is 0.0167. The summed E-state index contributed by atoms with van der Waals surface area (Å²) in [5, 5.41) is 3.28. The van der Waals surface area contributed by atoms with Gasteiger partial charge in [0, 0.05) is 10.4 Å². The Bertz CT molecular complexity index is 76.8. The predicted octanol–water partition coefficient (Wildman–Crippen LogP) is 0.639. The molecule has 0 radical (unpaired) electrons. The van der Waals surface area contributed by atoms with Gasteiger partial charge in [-0.1, -0.05) is 0 Å². The van der Waals surface area contributed by atoms with Crippen molar-refractivity contribution in [3.8, 4) is 0 Å². The molecule has 0 atom stereocenters. The van der Waals surface area contributed by atoms with Crippen molar-refractivity contribution < 1.29 is 4.79 Å². The average Bonchev–Trinajstić information content (AvgIpc) is 1.65. The molecule has 0 rings (SSSR count). The average molecular weight is 88.0 g/mol. The van der Waals surface area contributed by atoms with E-state index in [0.717, 1.165) is 0 Å². The van der Waals surface area contributed by atoms with Gasteiger partial charge >= 0.3 is 6.03 Å². The lowest BCUT2D eigenvalue weighted by Gasteiger charge is -1.55. The summed E-state index contributed by atoms with van der Waals surface area (Å²) in [5.41, 5.74) is 0. The number of amides is 2. The van der Waals surface area contributed by atoms with Crippen LogP contribution in [0.15, 0.2) is 10.4 Å². The Hall–Kier alpha value is -1.13. The molecule has 0 spiro atoms. The molecule has 5 nitrogen and oxygen atoms in total. The third-order valence-corrected chi connectivity index (χ3v) is 0.156. The zero-order chi connectivity index (χ0) is 4.99. The lowest BCUT2D eigenvalue weighted by Crippen LogP contribution is -1.73. The fourth-order valence-corrected chi connectivity index (χ4v) is 0.0167. The van der Waals surface area contributed by atoms with Gasteiger partial charge in [-0.05, 0) is 0 Å². The molecule has 32 valence electrons. The number of nitrogens with zero attached hydrogens (tertiary/aromatic N) is 2. The molecule has 5 heteroatoms. The first-order valence-electron chi connectivity index (χ1n) is 1.02. The van der Waals surface area contributed by atoms with Crippen molar-refractivity contribution in [2.45, 2.75) is 0 Å². The maximum Gasteiger partial charge on any atom is 0.440 e. The summed E-state index contributed by atoms with van der Waals surface area (Å²) < 4.78 is 0. The van der Waals surface area contributed by atoms with Crippen LogP contribution >= 0.6 is 0 Å². The predicted molar refractivity (Wildman–Crippen MR) is 17.0 cm³/mol. The summed E-state index contributed by atoms with van der Waals surface area (Å²) in [6, 6.07) is -1.52. The van der Waals surface area contributed by atoms with Crippen LogP contribution in [0.1, 0.15) is 0 Å². The molecule has 6 heavy (non-hydrogen) atoms. The Morgan fingerprint density at radius 3 is 1.50 bits per heavy atom. The van der Waals surface area contributed by atoms with Crippen LogP contribution in [0.4, 0.5) is 4.79 Å². The second-order valence-corrected chi connectivity index (χ2v) is 0.465. The standard InChI is InChI=1S/CN2O3/c4-1(2-5)3-6. The normalized spacial score (nSPS) is 6.67. The van der Waals surface area contributed by atoms with Gasteiger partial charge in [-0.2, -0.15) is 0 Å². The number of hydrogen-bond donors (Lipinski definition) is 0. The molecule has 0 heterocycles. The van der Waals surface area contributed by atoms with Crippen molar-refractivity contribution in [2.24, 2.45) is 10.4 Å². The smallest absolute Gasteiger partial charge is 0.237 e. The molecule has 2 amide bonds. The highest BCUT2D eigenvalue weighted by Crippen LogP contribution is 1.73. The molecule has 0 fully saturated rings. The van der Waals surface area contributed by atoms with Crippen molar-refractivity contribution >= 4 is 6.03 Å². The number of rotatable bonds is 0. The van der Waals surface area contributed by atoms with E-state index in [1.807, 2.05) is 0 Å². The molecule has 0 aliphatic carbocycles. The Morgan fingerprint density at radius 2 is 1.50 bits per heavy atom. The van der Waals surface area contributed by atoms with E-state index in [-0.39, 0.29) is 0 Å². The van der Waals surface area contributed by atoms with Crippen LogP contribution in [-0.2, 0) is 0 Å². The van der Waals surface area contributed by atoms with E-state index in [2.05, 4.69) is 0 Å². The van der Waals surface area contributed by atoms with E-state index < -0.39 is 6.03 Å². The van der Waals surface area contributed by atoms with Gasteiger partial charge < -0.3 is 0 Å². The van der Waals surface area contributed by atoms with Crippen LogP contribution in [0.25, 0.3) is 0 Å².